The highest BCUT2D eigenvalue weighted by Crippen LogP contribution is 2.34. The second kappa shape index (κ2) is 5.59. The zero-order valence-corrected chi connectivity index (χ0v) is 12.9. The maximum absolute atomic E-state index is 5.22. The van der Waals surface area contributed by atoms with Gasteiger partial charge >= 0.3 is 0 Å². The first-order valence-corrected chi connectivity index (χ1v) is 8.06. The normalized spacial score (nSPS) is 21.0. The van der Waals surface area contributed by atoms with E-state index in [1.807, 2.05) is 0 Å². The summed E-state index contributed by atoms with van der Waals surface area (Å²) in [6.07, 6.45) is 8.73. The van der Waals surface area contributed by atoms with Crippen LogP contribution in [0.4, 0.5) is 5.95 Å². The molecule has 2 aliphatic rings. The van der Waals surface area contributed by atoms with E-state index >= 15 is 0 Å². The number of methoxy groups -OCH3 is 1. The van der Waals surface area contributed by atoms with Crippen LogP contribution in [0.5, 0.6) is 5.88 Å². The zero-order valence-electron chi connectivity index (χ0n) is 12.9. The Balaban J connectivity index is 1.64. The summed E-state index contributed by atoms with van der Waals surface area (Å²) in [5.41, 5.74) is 2.60. The molecule has 0 radical (unpaired) electrons. The van der Waals surface area contributed by atoms with Crippen LogP contribution in [0.15, 0.2) is 12.3 Å². The first-order chi connectivity index (χ1) is 10.8. The van der Waals surface area contributed by atoms with Crippen molar-refractivity contribution in [2.45, 2.75) is 44.6 Å². The average molecular weight is 299 g/mol. The molecule has 1 atom stereocenters. The maximum atomic E-state index is 5.22. The fourth-order valence-corrected chi connectivity index (χ4v) is 3.51. The van der Waals surface area contributed by atoms with E-state index in [1.165, 1.54) is 24.2 Å². The second-order valence-electron chi connectivity index (χ2n) is 6.00. The summed E-state index contributed by atoms with van der Waals surface area (Å²) in [4.78, 5) is 19.6. The lowest BCUT2D eigenvalue weighted by molar-refractivity contribution is 0.396. The van der Waals surface area contributed by atoms with Crippen LogP contribution in [0, 0.1) is 0 Å². The molecule has 0 unspecified atom stereocenters. The number of anilines is 1. The highest BCUT2D eigenvalue weighted by atomic mass is 16.5. The first kappa shape index (κ1) is 13.5. The molecule has 0 amide bonds. The molecule has 1 N–H and O–H groups in total. The van der Waals surface area contributed by atoms with Crippen LogP contribution in [0.2, 0.25) is 0 Å². The van der Waals surface area contributed by atoms with Crippen molar-refractivity contribution < 1.29 is 4.74 Å². The number of imidazole rings is 1. The minimum Gasteiger partial charge on any atom is -0.481 e. The molecule has 1 saturated heterocycles. The van der Waals surface area contributed by atoms with Gasteiger partial charge in [-0.2, -0.15) is 4.98 Å². The number of aryl methyl sites for hydroxylation is 2. The Labute approximate surface area is 130 Å². The van der Waals surface area contributed by atoms with E-state index in [4.69, 9.17) is 9.72 Å². The van der Waals surface area contributed by atoms with Crippen molar-refractivity contribution in [3.8, 4) is 5.88 Å². The van der Waals surface area contributed by atoms with Gasteiger partial charge in [0.2, 0.25) is 11.8 Å². The van der Waals surface area contributed by atoms with Gasteiger partial charge in [0.25, 0.3) is 0 Å². The van der Waals surface area contributed by atoms with Gasteiger partial charge in [0.15, 0.2) is 0 Å². The van der Waals surface area contributed by atoms with E-state index in [0.717, 1.165) is 44.0 Å². The Hall–Kier alpha value is -2.11. The van der Waals surface area contributed by atoms with Crippen LogP contribution in [0.25, 0.3) is 0 Å². The number of aromatic nitrogens is 4. The predicted octanol–water partition coefficient (Wildman–Crippen LogP) is 2.43. The Morgan fingerprint density at radius 3 is 3.00 bits per heavy atom. The quantitative estimate of drug-likeness (QED) is 0.943. The highest BCUT2D eigenvalue weighted by molar-refractivity contribution is 5.37. The molecule has 0 bridgehead atoms. The van der Waals surface area contributed by atoms with Gasteiger partial charge in [-0.1, -0.05) is 0 Å². The number of nitrogens with zero attached hydrogens (tertiary/aromatic N) is 4. The molecule has 2 aromatic heterocycles. The molecular formula is C16H21N5O. The number of nitrogens with one attached hydrogen (secondary N) is 1. The van der Waals surface area contributed by atoms with Crippen molar-refractivity contribution >= 4 is 5.95 Å². The molecule has 0 saturated carbocycles. The Kier molecular flexibility index (Phi) is 3.44. The summed E-state index contributed by atoms with van der Waals surface area (Å²) in [5, 5.41) is 0. The van der Waals surface area contributed by atoms with Crippen LogP contribution >= 0.6 is 0 Å². The van der Waals surface area contributed by atoms with Gasteiger partial charge in [0.1, 0.15) is 5.82 Å². The van der Waals surface area contributed by atoms with Crippen molar-refractivity contribution in [1.82, 2.24) is 19.9 Å². The predicted molar refractivity (Wildman–Crippen MR) is 83.1 cm³/mol. The second-order valence-corrected chi connectivity index (χ2v) is 6.00. The summed E-state index contributed by atoms with van der Waals surface area (Å²) in [6.45, 7) is 0.962. The summed E-state index contributed by atoms with van der Waals surface area (Å²) in [5.74, 6) is 2.42. The lowest BCUT2D eigenvalue weighted by Crippen LogP contribution is -2.25. The van der Waals surface area contributed by atoms with Gasteiger partial charge in [0, 0.05) is 24.5 Å². The smallest absolute Gasteiger partial charge is 0.229 e. The lowest BCUT2D eigenvalue weighted by Gasteiger charge is -2.23. The van der Waals surface area contributed by atoms with Gasteiger partial charge in [-0.25, -0.2) is 9.97 Å². The van der Waals surface area contributed by atoms with Crippen LogP contribution in [0.1, 0.15) is 48.9 Å². The van der Waals surface area contributed by atoms with E-state index in [0.29, 0.717) is 5.88 Å². The third-order valence-corrected chi connectivity index (χ3v) is 4.62. The molecule has 22 heavy (non-hydrogen) atoms. The number of hydrogen-bond acceptors (Lipinski definition) is 5. The van der Waals surface area contributed by atoms with E-state index in [2.05, 4.69) is 19.9 Å². The molecule has 6 nitrogen and oxygen atoms in total. The van der Waals surface area contributed by atoms with Crippen LogP contribution in [-0.2, 0) is 12.8 Å². The van der Waals surface area contributed by atoms with Gasteiger partial charge in [-0.05, 0) is 38.5 Å². The molecule has 3 heterocycles. The summed E-state index contributed by atoms with van der Waals surface area (Å²) < 4.78 is 5.22. The third-order valence-electron chi connectivity index (χ3n) is 4.62. The summed E-state index contributed by atoms with van der Waals surface area (Å²) >= 11 is 0. The SMILES string of the molecule is COc1ccnc(N2CCC[C@H]2c2nc3c([nH]2)CCCC3)n1. The van der Waals surface area contributed by atoms with Gasteiger partial charge < -0.3 is 14.6 Å². The van der Waals surface area contributed by atoms with Crippen molar-refractivity contribution in [2.75, 3.05) is 18.6 Å². The number of aromatic amines is 1. The number of H-pyrrole nitrogens is 1. The minimum atomic E-state index is 0.248. The fourth-order valence-electron chi connectivity index (χ4n) is 3.51. The summed E-state index contributed by atoms with van der Waals surface area (Å²) in [6, 6.07) is 2.03. The van der Waals surface area contributed by atoms with Crippen LogP contribution in [0.3, 0.4) is 0 Å². The molecule has 0 aromatic carbocycles. The van der Waals surface area contributed by atoms with E-state index in [-0.39, 0.29) is 6.04 Å². The van der Waals surface area contributed by atoms with Crippen molar-refractivity contribution in [2.24, 2.45) is 0 Å². The van der Waals surface area contributed by atoms with E-state index < -0.39 is 0 Å². The largest absolute Gasteiger partial charge is 0.481 e. The van der Waals surface area contributed by atoms with E-state index in [1.54, 1.807) is 19.4 Å². The number of rotatable bonds is 3. The third kappa shape index (κ3) is 2.32. The molecular weight excluding hydrogens is 278 g/mol. The van der Waals surface area contributed by atoms with Gasteiger partial charge in [-0.3, -0.25) is 0 Å². The maximum Gasteiger partial charge on any atom is 0.229 e. The number of fused-ring (bicyclic) bond motifs is 1. The Morgan fingerprint density at radius 2 is 2.14 bits per heavy atom. The van der Waals surface area contributed by atoms with Crippen LogP contribution in [-0.4, -0.2) is 33.6 Å². The van der Waals surface area contributed by atoms with Crippen molar-refractivity contribution in [1.29, 1.82) is 0 Å². The van der Waals surface area contributed by atoms with Crippen molar-refractivity contribution in [3.05, 3.63) is 29.5 Å². The number of hydrogen-bond donors (Lipinski definition) is 1. The van der Waals surface area contributed by atoms with Gasteiger partial charge in [-0.15, -0.1) is 0 Å². The van der Waals surface area contributed by atoms with E-state index in [9.17, 15) is 0 Å². The highest BCUT2D eigenvalue weighted by Gasteiger charge is 2.31. The molecule has 116 valence electrons. The molecule has 1 aliphatic heterocycles. The van der Waals surface area contributed by atoms with Crippen LogP contribution < -0.4 is 9.64 Å². The molecule has 1 aliphatic carbocycles. The standard InChI is InChI=1S/C16H21N5O/c1-22-14-8-9-17-16(20-14)21-10-4-7-13(21)15-18-11-5-2-3-6-12(11)19-15/h8-9,13H,2-7,10H2,1H3,(H,18,19)/t13-/m0/s1. The molecule has 6 heteroatoms. The first-order valence-electron chi connectivity index (χ1n) is 8.06. The average Bonchev–Trinajstić information content (AvgIpc) is 3.21. The summed E-state index contributed by atoms with van der Waals surface area (Å²) in [7, 11) is 1.63. The van der Waals surface area contributed by atoms with Gasteiger partial charge in [0.05, 0.1) is 18.8 Å². The Morgan fingerprint density at radius 1 is 1.23 bits per heavy atom. The molecule has 1 fully saturated rings. The molecule has 0 spiro atoms. The lowest BCUT2D eigenvalue weighted by atomic mass is 10.0. The fraction of sp³-hybridized carbons (Fsp3) is 0.562. The Bertz CT molecular complexity index is 645. The molecule has 2 aromatic rings. The minimum absolute atomic E-state index is 0.248. The topological polar surface area (TPSA) is 66.9 Å². The zero-order chi connectivity index (χ0) is 14.9. The molecule has 4 rings (SSSR count). The number of ether oxygens (including phenoxy) is 1. The van der Waals surface area contributed by atoms with Crippen molar-refractivity contribution in [3.63, 3.8) is 0 Å². The monoisotopic (exact) mass is 299 g/mol.